The van der Waals surface area contributed by atoms with Crippen LogP contribution in [0, 0.1) is 0 Å². The minimum absolute atomic E-state index is 0.642. The fourth-order valence-electron chi connectivity index (χ4n) is 2.14. The van der Waals surface area contributed by atoms with Gasteiger partial charge in [0, 0.05) is 29.9 Å². The van der Waals surface area contributed by atoms with E-state index < -0.39 is 0 Å². The molecule has 0 amide bonds. The molecule has 1 aliphatic heterocycles. The summed E-state index contributed by atoms with van der Waals surface area (Å²) in [6, 6.07) is 7.52. The van der Waals surface area contributed by atoms with Gasteiger partial charge in [-0.05, 0) is 42.8 Å². The van der Waals surface area contributed by atoms with Gasteiger partial charge in [-0.3, -0.25) is 0 Å². The molecular weight excluding hydrogens is 260 g/mol. The fourth-order valence-corrected chi connectivity index (χ4v) is 2.27. The Morgan fingerprint density at radius 2 is 1.89 bits per heavy atom. The number of hydrogen-bond acceptors (Lipinski definition) is 4. The van der Waals surface area contributed by atoms with Crippen LogP contribution >= 0.6 is 11.6 Å². The molecule has 1 aromatic carbocycles. The van der Waals surface area contributed by atoms with E-state index in [1.807, 2.05) is 30.5 Å². The third-order valence-corrected chi connectivity index (χ3v) is 3.42. The Hall–Kier alpha value is -1.65. The van der Waals surface area contributed by atoms with Crippen LogP contribution in [-0.2, 0) is 12.8 Å². The average molecular weight is 275 g/mol. The third-order valence-electron chi connectivity index (χ3n) is 3.16. The zero-order valence-electron chi connectivity index (χ0n) is 10.5. The minimum atomic E-state index is 0.642. The van der Waals surface area contributed by atoms with Gasteiger partial charge in [0.25, 0.3) is 0 Å². The molecule has 1 aromatic heterocycles. The summed E-state index contributed by atoms with van der Waals surface area (Å²) in [6.45, 7) is 1.98. The molecule has 4 nitrogen and oxygen atoms in total. The van der Waals surface area contributed by atoms with Crippen LogP contribution in [-0.4, -0.2) is 23.1 Å². The maximum absolute atomic E-state index is 5.86. The first-order valence-corrected chi connectivity index (χ1v) is 6.77. The monoisotopic (exact) mass is 274 g/mol. The predicted molar refractivity (Wildman–Crippen MR) is 77.0 cm³/mol. The second-order valence-electron chi connectivity index (χ2n) is 4.55. The quantitative estimate of drug-likeness (QED) is 0.884. The van der Waals surface area contributed by atoms with E-state index in [2.05, 4.69) is 20.6 Å². The first-order valence-electron chi connectivity index (χ1n) is 6.39. The van der Waals surface area contributed by atoms with Crippen LogP contribution in [0.4, 0.5) is 11.6 Å². The number of nitrogens with zero attached hydrogens (tertiary/aromatic N) is 2. The lowest BCUT2D eigenvalue weighted by atomic mass is 10.1. The van der Waals surface area contributed by atoms with Crippen LogP contribution in [0.1, 0.15) is 11.3 Å². The van der Waals surface area contributed by atoms with Crippen molar-refractivity contribution in [2.24, 2.45) is 0 Å². The molecule has 0 aliphatic carbocycles. The molecule has 0 unspecified atom stereocenters. The number of benzene rings is 1. The van der Waals surface area contributed by atoms with Crippen LogP contribution in [0.15, 0.2) is 30.5 Å². The zero-order valence-corrected chi connectivity index (χ0v) is 11.2. The van der Waals surface area contributed by atoms with Crippen molar-refractivity contribution in [3.8, 4) is 0 Å². The second-order valence-corrected chi connectivity index (χ2v) is 4.98. The smallest absolute Gasteiger partial charge is 0.227 e. The Bertz CT molecular complexity index is 568. The van der Waals surface area contributed by atoms with Gasteiger partial charge in [0.15, 0.2) is 0 Å². The van der Waals surface area contributed by atoms with E-state index in [0.717, 1.165) is 42.3 Å². The first kappa shape index (κ1) is 12.4. The molecule has 0 saturated carbocycles. The van der Waals surface area contributed by atoms with Gasteiger partial charge in [0.2, 0.25) is 5.95 Å². The van der Waals surface area contributed by atoms with Gasteiger partial charge in [-0.25, -0.2) is 9.97 Å². The summed E-state index contributed by atoms with van der Waals surface area (Å²) in [5, 5.41) is 7.29. The Balaban J connectivity index is 1.81. The Morgan fingerprint density at radius 1 is 1.11 bits per heavy atom. The predicted octanol–water partition coefficient (Wildman–Crippen LogP) is 2.56. The number of halogens is 1. The van der Waals surface area contributed by atoms with Gasteiger partial charge >= 0.3 is 0 Å². The van der Waals surface area contributed by atoms with Gasteiger partial charge in [-0.2, -0.15) is 0 Å². The van der Waals surface area contributed by atoms with Gasteiger partial charge in [0.05, 0.1) is 5.69 Å². The number of nitrogens with one attached hydrogen (secondary N) is 2. The van der Waals surface area contributed by atoms with Crippen molar-refractivity contribution in [3.05, 3.63) is 46.7 Å². The second kappa shape index (κ2) is 5.55. The van der Waals surface area contributed by atoms with Crippen LogP contribution < -0.4 is 10.6 Å². The number of anilines is 2. The van der Waals surface area contributed by atoms with Crippen molar-refractivity contribution in [1.29, 1.82) is 0 Å². The molecule has 2 N–H and O–H groups in total. The summed E-state index contributed by atoms with van der Waals surface area (Å²) in [5.74, 6) is 0.642. The molecule has 5 heteroatoms. The molecule has 1 aliphatic rings. The Morgan fingerprint density at radius 3 is 2.74 bits per heavy atom. The number of rotatable bonds is 2. The third kappa shape index (κ3) is 3.03. The first-order chi connectivity index (χ1) is 9.31. The van der Waals surface area contributed by atoms with Crippen molar-refractivity contribution >= 4 is 23.2 Å². The molecule has 0 atom stereocenters. The largest absolute Gasteiger partial charge is 0.324 e. The van der Waals surface area contributed by atoms with Crippen molar-refractivity contribution in [1.82, 2.24) is 15.3 Å². The summed E-state index contributed by atoms with van der Waals surface area (Å²) >= 11 is 5.86. The average Bonchev–Trinajstić information content (AvgIpc) is 2.66. The van der Waals surface area contributed by atoms with E-state index >= 15 is 0 Å². The zero-order chi connectivity index (χ0) is 13.1. The summed E-state index contributed by atoms with van der Waals surface area (Å²) in [6.07, 6.45) is 3.87. The highest BCUT2D eigenvalue weighted by atomic mass is 35.5. The van der Waals surface area contributed by atoms with Crippen molar-refractivity contribution in [2.45, 2.75) is 12.8 Å². The van der Waals surface area contributed by atoms with Crippen molar-refractivity contribution < 1.29 is 0 Å². The van der Waals surface area contributed by atoms with Crippen molar-refractivity contribution in [2.75, 3.05) is 18.4 Å². The number of aromatic nitrogens is 2. The molecule has 3 rings (SSSR count). The van der Waals surface area contributed by atoms with Crippen LogP contribution in [0.2, 0.25) is 5.02 Å². The molecule has 0 fully saturated rings. The molecule has 0 bridgehead atoms. The van der Waals surface area contributed by atoms with E-state index in [1.54, 1.807) is 0 Å². The summed E-state index contributed by atoms with van der Waals surface area (Å²) in [7, 11) is 0. The summed E-state index contributed by atoms with van der Waals surface area (Å²) < 4.78 is 0. The van der Waals surface area contributed by atoms with E-state index in [-0.39, 0.29) is 0 Å². The molecule has 0 radical (unpaired) electrons. The highest BCUT2D eigenvalue weighted by Gasteiger charge is 2.10. The van der Waals surface area contributed by atoms with Crippen molar-refractivity contribution in [3.63, 3.8) is 0 Å². The Labute approximate surface area is 117 Å². The molecular formula is C14H15ClN4. The highest BCUT2D eigenvalue weighted by Crippen LogP contribution is 2.18. The minimum Gasteiger partial charge on any atom is -0.324 e. The van der Waals surface area contributed by atoms with E-state index in [1.165, 1.54) is 5.56 Å². The topological polar surface area (TPSA) is 49.8 Å². The lowest BCUT2D eigenvalue weighted by Gasteiger charge is -2.08. The SMILES string of the molecule is Clc1ccc(Nc2ncc3c(n2)CCNCC3)cc1. The molecule has 0 saturated heterocycles. The van der Waals surface area contributed by atoms with Crippen LogP contribution in [0.5, 0.6) is 0 Å². The fraction of sp³-hybridized carbons (Fsp3) is 0.286. The van der Waals surface area contributed by atoms with Crippen LogP contribution in [0.3, 0.4) is 0 Å². The maximum atomic E-state index is 5.86. The maximum Gasteiger partial charge on any atom is 0.227 e. The molecule has 2 heterocycles. The number of hydrogen-bond donors (Lipinski definition) is 2. The normalized spacial score (nSPS) is 14.6. The molecule has 2 aromatic rings. The lowest BCUT2D eigenvalue weighted by Crippen LogP contribution is -2.16. The van der Waals surface area contributed by atoms with Gasteiger partial charge in [-0.15, -0.1) is 0 Å². The molecule has 98 valence electrons. The molecule has 19 heavy (non-hydrogen) atoms. The lowest BCUT2D eigenvalue weighted by molar-refractivity contribution is 0.708. The van der Waals surface area contributed by atoms with E-state index in [4.69, 9.17) is 11.6 Å². The summed E-state index contributed by atoms with van der Waals surface area (Å²) in [4.78, 5) is 8.96. The molecule has 0 spiro atoms. The van der Waals surface area contributed by atoms with Gasteiger partial charge < -0.3 is 10.6 Å². The number of fused-ring (bicyclic) bond motifs is 1. The standard InChI is InChI=1S/C14H15ClN4/c15-11-1-3-12(4-2-11)18-14-17-9-10-5-7-16-8-6-13(10)19-14/h1-4,9,16H,5-8H2,(H,17,18,19). The van der Waals surface area contributed by atoms with Gasteiger partial charge in [-0.1, -0.05) is 11.6 Å². The highest BCUT2D eigenvalue weighted by molar-refractivity contribution is 6.30. The van der Waals surface area contributed by atoms with E-state index in [9.17, 15) is 0 Å². The van der Waals surface area contributed by atoms with Crippen LogP contribution in [0.25, 0.3) is 0 Å². The van der Waals surface area contributed by atoms with Gasteiger partial charge in [0.1, 0.15) is 0 Å². The van der Waals surface area contributed by atoms with E-state index in [0.29, 0.717) is 5.95 Å². The summed E-state index contributed by atoms with van der Waals surface area (Å²) in [5.41, 5.74) is 3.32. The Kier molecular flexibility index (Phi) is 3.62.